The molecule has 0 saturated heterocycles. The Morgan fingerprint density at radius 1 is 0.971 bits per heavy atom. The number of sulfonamides is 1. The molecule has 0 aromatic heterocycles. The molecule has 0 radical (unpaired) electrons. The van der Waals surface area contributed by atoms with E-state index >= 15 is 0 Å². The molecule has 0 aliphatic carbocycles. The predicted octanol–water partition coefficient (Wildman–Crippen LogP) is 4.02. The SMILES string of the molecule is CCS(=O)(=O)N1CCc2cc(C(=O)COC(=O)c3ccccc3COc3ccccc3)ccc21. The maximum absolute atomic E-state index is 12.7. The molecular formula is C26H25NO6S. The van der Waals surface area contributed by atoms with E-state index in [4.69, 9.17) is 9.47 Å². The van der Waals surface area contributed by atoms with Crippen LogP contribution in [0.15, 0.2) is 72.8 Å². The summed E-state index contributed by atoms with van der Waals surface area (Å²) >= 11 is 0. The monoisotopic (exact) mass is 479 g/mol. The fourth-order valence-corrected chi connectivity index (χ4v) is 4.96. The van der Waals surface area contributed by atoms with Crippen LogP contribution in [0.5, 0.6) is 5.75 Å². The molecule has 1 aliphatic heterocycles. The van der Waals surface area contributed by atoms with Crippen molar-refractivity contribution in [3.05, 3.63) is 95.1 Å². The largest absolute Gasteiger partial charge is 0.489 e. The zero-order valence-electron chi connectivity index (χ0n) is 18.8. The highest BCUT2D eigenvalue weighted by Crippen LogP contribution is 2.31. The van der Waals surface area contributed by atoms with E-state index in [1.165, 1.54) is 4.31 Å². The number of ether oxygens (including phenoxy) is 2. The predicted molar refractivity (Wildman–Crippen MR) is 129 cm³/mol. The summed E-state index contributed by atoms with van der Waals surface area (Å²) in [6, 6.07) is 21.1. The van der Waals surface area contributed by atoms with Gasteiger partial charge in [0.25, 0.3) is 0 Å². The molecule has 0 saturated carbocycles. The molecule has 8 heteroatoms. The first kappa shape index (κ1) is 23.5. The third-order valence-electron chi connectivity index (χ3n) is 5.66. The molecule has 1 heterocycles. The van der Waals surface area contributed by atoms with Gasteiger partial charge in [-0.2, -0.15) is 0 Å². The quantitative estimate of drug-likeness (QED) is 0.340. The number of hydrogen-bond donors (Lipinski definition) is 0. The molecule has 4 rings (SSSR count). The fourth-order valence-electron chi connectivity index (χ4n) is 3.81. The lowest BCUT2D eigenvalue weighted by molar-refractivity contribution is 0.0472. The van der Waals surface area contributed by atoms with Crippen LogP contribution in [0.2, 0.25) is 0 Å². The van der Waals surface area contributed by atoms with E-state index in [2.05, 4.69) is 0 Å². The van der Waals surface area contributed by atoms with Crippen LogP contribution < -0.4 is 9.04 Å². The summed E-state index contributed by atoms with van der Waals surface area (Å²) in [5, 5.41) is 0. The molecule has 0 unspecified atom stereocenters. The van der Waals surface area contributed by atoms with Gasteiger partial charge in [-0.1, -0.05) is 36.4 Å². The molecule has 0 N–H and O–H groups in total. The molecule has 3 aromatic carbocycles. The van der Waals surface area contributed by atoms with Crippen LogP contribution >= 0.6 is 0 Å². The smallest absolute Gasteiger partial charge is 0.338 e. The summed E-state index contributed by atoms with van der Waals surface area (Å²) in [6.07, 6.45) is 0.532. The molecule has 0 spiro atoms. The van der Waals surface area contributed by atoms with Crippen molar-refractivity contribution in [2.24, 2.45) is 0 Å². The van der Waals surface area contributed by atoms with Gasteiger partial charge in [-0.05, 0) is 55.3 Å². The Balaban J connectivity index is 1.40. The summed E-state index contributed by atoms with van der Waals surface area (Å²) in [7, 11) is -3.35. The van der Waals surface area contributed by atoms with Gasteiger partial charge in [0.2, 0.25) is 10.0 Å². The Kier molecular flexibility index (Phi) is 6.98. The highest BCUT2D eigenvalue weighted by atomic mass is 32.2. The van der Waals surface area contributed by atoms with Crippen molar-refractivity contribution in [1.29, 1.82) is 0 Å². The number of Topliss-reactive ketones (excluding diaryl/α,β-unsaturated/α-hetero) is 1. The van der Waals surface area contributed by atoms with Crippen LogP contribution in [-0.2, 0) is 27.8 Å². The van der Waals surface area contributed by atoms with Gasteiger partial charge >= 0.3 is 5.97 Å². The fraction of sp³-hybridized carbons (Fsp3) is 0.231. The molecule has 34 heavy (non-hydrogen) atoms. The summed E-state index contributed by atoms with van der Waals surface area (Å²) in [6.45, 7) is 1.74. The van der Waals surface area contributed by atoms with Gasteiger partial charge in [0, 0.05) is 17.7 Å². The lowest BCUT2D eigenvalue weighted by Gasteiger charge is -2.18. The van der Waals surface area contributed by atoms with E-state index in [1.54, 1.807) is 49.4 Å². The Morgan fingerprint density at radius 3 is 2.47 bits per heavy atom. The number of carbonyl (C=O) groups excluding carboxylic acids is 2. The normalized spacial score (nSPS) is 12.8. The lowest BCUT2D eigenvalue weighted by atomic mass is 10.1. The highest BCUT2D eigenvalue weighted by molar-refractivity contribution is 7.92. The van der Waals surface area contributed by atoms with Crippen molar-refractivity contribution in [2.45, 2.75) is 20.0 Å². The minimum atomic E-state index is -3.35. The second kappa shape index (κ2) is 10.1. The van der Waals surface area contributed by atoms with Crippen molar-refractivity contribution in [1.82, 2.24) is 0 Å². The summed E-state index contributed by atoms with van der Waals surface area (Å²) < 4.78 is 36.9. The van der Waals surface area contributed by atoms with E-state index in [0.717, 1.165) is 5.56 Å². The first-order valence-corrected chi connectivity index (χ1v) is 12.6. The standard InChI is InChI=1S/C26H25NO6S/c1-2-34(30,31)27-15-14-19-16-20(12-13-24(19)27)25(28)18-33-26(29)23-11-7-6-8-21(23)17-32-22-9-4-3-5-10-22/h3-13,16H,2,14-15,17-18H2,1H3. The number of benzene rings is 3. The molecule has 0 amide bonds. The summed E-state index contributed by atoms with van der Waals surface area (Å²) in [5.41, 5.74) is 2.75. The average Bonchev–Trinajstić information content (AvgIpc) is 3.31. The van der Waals surface area contributed by atoms with Gasteiger partial charge in [0.15, 0.2) is 12.4 Å². The first-order chi connectivity index (χ1) is 16.4. The van der Waals surface area contributed by atoms with E-state index in [1.807, 2.05) is 30.3 Å². The van der Waals surface area contributed by atoms with Crippen LogP contribution in [0.4, 0.5) is 5.69 Å². The van der Waals surface area contributed by atoms with Crippen molar-refractivity contribution >= 4 is 27.5 Å². The first-order valence-electron chi connectivity index (χ1n) is 11.0. The Hall–Kier alpha value is -3.65. The Morgan fingerprint density at radius 2 is 1.71 bits per heavy atom. The maximum Gasteiger partial charge on any atom is 0.338 e. The lowest BCUT2D eigenvalue weighted by Crippen LogP contribution is -2.30. The van der Waals surface area contributed by atoms with Crippen LogP contribution in [0.3, 0.4) is 0 Å². The van der Waals surface area contributed by atoms with Crippen LogP contribution in [0.25, 0.3) is 0 Å². The average molecular weight is 480 g/mol. The van der Waals surface area contributed by atoms with Crippen molar-refractivity contribution < 1.29 is 27.5 Å². The number of hydrogen-bond acceptors (Lipinski definition) is 6. The van der Waals surface area contributed by atoms with Crippen molar-refractivity contribution in [3.8, 4) is 5.75 Å². The molecule has 0 atom stereocenters. The van der Waals surface area contributed by atoms with E-state index in [-0.39, 0.29) is 18.1 Å². The Labute approximate surface area is 199 Å². The molecule has 1 aliphatic rings. The number of fused-ring (bicyclic) bond motifs is 1. The summed E-state index contributed by atoms with van der Waals surface area (Å²) in [5.74, 6) is -0.267. The third-order valence-corrected chi connectivity index (χ3v) is 7.44. The van der Waals surface area contributed by atoms with Crippen LogP contribution in [-0.4, -0.2) is 39.1 Å². The second-order valence-corrected chi connectivity index (χ2v) is 10.0. The molecule has 7 nitrogen and oxygen atoms in total. The Bertz CT molecular complexity index is 1300. The number of anilines is 1. The van der Waals surface area contributed by atoms with Gasteiger partial charge in [0.1, 0.15) is 12.4 Å². The minimum Gasteiger partial charge on any atom is -0.489 e. The van der Waals surface area contributed by atoms with Gasteiger partial charge < -0.3 is 9.47 Å². The van der Waals surface area contributed by atoms with Crippen LogP contribution in [0.1, 0.15) is 38.8 Å². The number of nitrogens with zero attached hydrogens (tertiary/aromatic N) is 1. The number of ketones is 1. The van der Waals surface area contributed by atoms with Crippen LogP contribution in [0, 0.1) is 0 Å². The summed E-state index contributed by atoms with van der Waals surface area (Å²) in [4.78, 5) is 25.4. The highest BCUT2D eigenvalue weighted by Gasteiger charge is 2.28. The third kappa shape index (κ3) is 5.12. The molecular weight excluding hydrogens is 454 g/mol. The van der Waals surface area contributed by atoms with Gasteiger partial charge in [-0.3, -0.25) is 9.10 Å². The van der Waals surface area contributed by atoms with Gasteiger partial charge in [-0.15, -0.1) is 0 Å². The van der Waals surface area contributed by atoms with Gasteiger partial charge in [-0.25, -0.2) is 13.2 Å². The minimum absolute atomic E-state index is 0.0148. The van der Waals surface area contributed by atoms with Crippen molar-refractivity contribution in [3.63, 3.8) is 0 Å². The number of esters is 1. The van der Waals surface area contributed by atoms with E-state index in [9.17, 15) is 18.0 Å². The van der Waals surface area contributed by atoms with E-state index in [0.29, 0.717) is 41.1 Å². The van der Waals surface area contributed by atoms with E-state index < -0.39 is 22.6 Å². The molecule has 3 aromatic rings. The topological polar surface area (TPSA) is 90.0 Å². The second-order valence-electron chi connectivity index (χ2n) is 7.82. The number of carbonyl (C=O) groups is 2. The zero-order chi connectivity index (χ0) is 24.1. The maximum atomic E-state index is 12.7. The van der Waals surface area contributed by atoms with Crippen molar-refractivity contribution in [2.75, 3.05) is 23.2 Å². The molecule has 0 bridgehead atoms. The molecule has 176 valence electrons. The number of para-hydroxylation sites is 1. The zero-order valence-corrected chi connectivity index (χ0v) is 19.6. The van der Waals surface area contributed by atoms with Gasteiger partial charge in [0.05, 0.1) is 17.0 Å². The number of rotatable bonds is 9. The molecule has 0 fully saturated rings.